The standard InChI is InChI=1S/C26H28N2O3/c1-3-4-18-27-23-16-10-9-15-22(23)26(30)31-19(2)25(29)28-24-17-11-8-14-21(24)20-12-6-5-7-13-20/h5-17,19,27H,3-4,18H2,1-2H3,(H,28,29)/t19-/m1/s1. The van der Waals surface area contributed by atoms with Crippen molar-refractivity contribution in [2.45, 2.75) is 32.8 Å². The lowest BCUT2D eigenvalue weighted by molar-refractivity contribution is -0.123. The van der Waals surface area contributed by atoms with Crippen LogP contribution in [0.1, 0.15) is 37.0 Å². The van der Waals surface area contributed by atoms with Gasteiger partial charge in [0.1, 0.15) is 0 Å². The van der Waals surface area contributed by atoms with Crippen LogP contribution in [0.5, 0.6) is 0 Å². The molecule has 3 aromatic carbocycles. The number of esters is 1. The second kappa shape index (κ2) is 11.0. The fourth-order valence-corrected chi connectivity index (χ4v) is 3.19. The van der Waals surface area contributed by atoms with E-state index in [4.69, 9.17) is 4.74 Å². The molecule has 2 N–H and O–H groups in total. The summed E-state index contributed by atoms with van der Waals surface area (Å²) in [4.78, 5) is 25.5. The molecule has 0 fully saturated rings. The van der Waals surface area contributed by atoms with E-state index in [1.165, 1.54) is 0 Å². The Labute approximate surface area is 183 Å². The van der Waals surface area contributed by atoms with Crippen LogP contribution in [-0.2, 0) is 9.53 Å². The van der Waals surface area contributed by atoms with E-state index in [9.17, 15) is 9.59 Å². The Morgan fingerprint density at radius 3 is 2.26 bits per heavy atom. The molecule has 0 unspecified atom stereocenters. The number of para-hydroxylation sites is 2. The van der Waals surface area contributed by atoms with Crippen LogP contribution in [0.2, 0.25) is 0 Å². The molecule has 0 aliphatic rings. The first-order valence-corrected chi connectivity index (χ1v) is 10.6. The molecule has 0 aliphatic heterocycles. The van der Waals surface area contributed by atoms with Gasteiger partial charge >= 0.3 is 5.97 Å². The van der Waals surface area contributed by atoms with Crippen molar-refractivity contribution in [2.75, 3.05) is 17.2 Å². The van der Waals surface area contributed by atoms with E-state index in [1.54, 1.807) is 19.1 Å². The van der Waals surface area contributed by atoms with Gasteiger partial charge in [-0.1, -0.05) is 74.0 Å². The van der Waals surface area contributed by atoms with Gasteiger partial charge in [0.15, 0.2) is 6.10 Å². The van der Waals surface area contributed by atoms with E-state index in [0.29, 0.717) is 16.9 Å². The molecule has 31 heavy (non-hydrogen) atoms. The summed E-state index contributed by atoms with van der Waals surface area (Å²) in [6, 6.07) is 24.6. The summed E-state index contributed by atoms with van der Waals surface area (Å²) < 4.78 is 5.47. The minimum Gasteiger partial charge on any atom is -0.449 e. The number of unbranched alkanes of at least 4 members (excludes halogenated alkanes) is 1. The highest BCUT2D eigenvalue weighted by Crippen LogP contribution is 2.27. The molecule has 3 aromatic rings. The minimum absolute atomic E-state index is 0.381. The van der Waals surface area contributed by atoms with E-state index >= 15 is 0 Å². The molecule has 0 aliphatic carbocycles. The molecule has 0 heterocycles. The van der Waals surface area contributed by atoms with E-state index < -0.39 is 12.1 Å². The second-order valence-corrected chi connectivity index (χ2v) is 7.27. The number of benzene rings is 3. The minimum atomic E-state index is -0.944. The molecule has 3 rings (SSSR count). The van der Waals surface area contributed by atoms with Crippen LogP contribution in [0.15, 0.2) is 78.9 Å². The van der Waals surface area contributed by atoms with Gasteiger partial charge < -0.3 is 15.4 Å². The number of hydrogen-bond acceptors (Lipinski definition) is 4. The van der Waals surface area contributed by atoms with E-state index in [0.717, 1.165) is 30.5 Å². The predicted octanol–water partition coefficient (Wildman–Crippen LogP) is 5.75. The molecule has 5 heteroatoms. The van der Waals surface area contributed by atoms with E-state index in [1.807, 2.05) is 66.7 Å². The maximum atomic E-state index is 12.8. The SMILES string of the molecule is CCCCNc1ccccc1C(=O)O[C@H](C)C(=O)Nc1ccccc1-c1ccccc1. The summed E-state index contributed by atoms with van der Waals surface area (Å²) in [6.07, 6.45) is 1.12. The van der Waals surface area contributed by atoms with Crippen LogP contribution in [-0.4, -0.2) is 24.5 Å². The molecular formula is C26H28N2O3. The van der Waals surface area contributed by atoms with Gasteiger partial charge in [-0.3, -0.25) is 4.79 Å². The summed E-state index contributed by atoms with van der Waals surface area (Å²) in [7, 11) is 0. The number of carbonyl (C=O) groups is 2. The summed E-state index contributed by atoms with van der Waals surface area (Å²) in [5, 5.41) is 6.15. The molecule has 1 atom stereocenters. The predicted molar refractivity (Wildman–Crippen MR) is 125 cm³/mol. The average Bonchev–Trinajstić information content (AvgIpc) is 2.80. The van der Waals surface area contributed by atoms with Gasteiger partial charge in [-0.05, 0) is 37.1 Å². The quantitative estimate of drug-likeness (QED) is 0.344. The maximum absolute atomic E-state index is 12.8. The number of amides is 1. The van der Waals surface area contributed by atoms with E-state index in [2.05, 4.69) is 17.6 Å². The van der Waals surface area contributed by atoms with Crippen molar-refractivity contribution in [1.29, 1.82) is 0 Å². The molecule has 0 aromatic heterocycles. The van der Waals surface area contributed by atoms with Crippen molar-refractivity contribution in [3.63, 3.8) is 0 Å². The summed E-state index contributed by atoms with van der Waals surface area (Å²) in [5.41, 5.74) is 3.70. The van der Waals surface area contributed by atoms with E-state index in [-0.39, 0.29) is 5.91 Å². The third kappa shape index (κ3) is 5.95. The number of anilines is 2. The van der Waals surface area contributed by atoms with Crippen LogP contribution >= 0.6 is 0 Å². The highest BCUT2D eigenvalue weighted by Gasteiger charge is 2.21. The van der Waals surface area contributed by atoms with Gasteiger partial charge in [-0.25, -0.2) is 4.79 Å². The Morgan fingerprint density at radius 1 is 0.871 bits per heavy atom. The molecule has 5 nitrogen and oxygen atoms in total. The van der Waals surface area contributed by atoms with Crippen LogP contribution in [0.3, 0.4) is 0 Å². The van der Waals surface area contributed by atoms with Crippen LogP contribution in [0.4, 0.5) is 11.4 Å². The van der Waals surface area contributed by atoms with Crippen molar-refractivity contribution in [3.05, 3.63) is 84.4 Å². The zero-order valence-corrected chi connectivity index (χ0v) is 17.9. The Kier molecular flexibility index (Phi) is 7.82. The molecule has 0 bridgehead atoms. The van der Waals surface area contributed by atoms with Crippen LogP contribution in [0, 0.1) is 0 Å². The average molecular weight is 417 g/mol. The first-order valence-electron chi connectivity index (χ1n) is 10.6. The van der Waals surface area contributed by atoms with Crippen molar-refractivity contribution in [1.82, 2.24) is 0 Å². The second-order valence-electron chi connectivity index (χ2n) is 7.27. The van der Waals surface area contributed by atoms with Crippen molar-refractivity contribution in [2.24, 2.45) is 0 Å². The van der Waals surface area contributed by atoms with Gasteiger partial charge in [-0.2, -0.15) is 0 Å². The fourth-order valence-electron chi connectivity index (χ4n) is 3.19. The smallest absolute Gasteiger partial charge is 0.341 e. The first kappa shape index (κ1) is 22.1. The summed E-state index contributed by atoms with van der Waals surface area (Å²) in [6.45, 7) is 4.46. The number of ether oxygens (including phenoxy) is 1. The molecule has 0 saturated carbocycles. The van der Waals surface area contributed by atoms with Crippen LogP contribution in [0.25, 0.3) is 11.1 Å². The normalized spacial score (nSPS) is 11.4. The number of carbonyl (C=O) groups excluding carboxylic acids is 2. The largest absolute Gasteiger partial charge is 0.449 e. The topological polar surface area (TPSA) is 67.4 Å². The summed E-state index contributed by atoms with van der Waals surface area (Å²) in [5.74, 6) is -0.910. The van der Waals surface area contributed by atoms with Crippen molar-refractivity contribution in [3.8, 4) is 11.1 Å². The molecule has 0 spiro atoms. The van der Waals surface area contributed by atoms with Gasteiger partial charge in [0.05, 0.1) is 5.56 Å². The third-order valence-corrected chi connectivity index (χ3v) is 4.92. The number of rotatable bonds is 9. The van der Waals surface area contributed by atoms with Gasteiger partial charge in [-0.15, -0.1) is 0 Å². The first-order chi connectivity index (χ1) is 15.1. The molecule has 1 amide bonds. The lowest BCUT2D eigenvalue weighted by Gasteiger charge is -2.17. The van der Waals surface area contributed by atoms with Crippen LogP contribution < -0.4 is 10.6 Å². The Bertz CT molecular complexity index is 1020. The van der Waals surface area contributed by atoms with Crippen molar-refractivity contribution >= 4 is 23.3 Å². The third-order valence-electron chi connectivity index (χ3n) is 4.92. The van der Waals surface area contributed by atoms with Gasteiger partial charge in [0.25, 0.3) is 5.91 Å². The molecular weight excluding hydrogens is 388 g/mol. The zero-order valence-electron chi connectivity index (χ0n) is 17.9. The lowest BCUT2D eigenvalue weighted by Crippen LogP contribution is -2.30. The Morgan fingerprint density at radius 2 is 1.52 bits per heavy atom. The maximum Gasteiger partial charge on any atom is 0.341 e. The number of hydrogen-bond donors (Lipinski definition) is 2. The highest BCUT2D eigenvalue weighted by atomic mass is 16.5. The van der Waals surface area contributed by atoms with Gasteiger partial charge in [0.2, 0.25) is 0 Å². The molecule has 0 radical (unpaired) electrons. The Hall–Kier alpha value is -3.60. The summed E-state index contributed by atoms with van der Waals surface area (Å²) >= 11 is 0. The molecule has 160 valence electrons. The van der Waals surface area contributed by atoms with Crippen molar-refractivity contribution < 1.29 is 14.3 Å². The number of nitrogens with one attached hydrogen (secondary N) is 2. The zero-order chi connectivity index (χ0) is 22.1. The Balaban J connectivity index is 1.68. The monoisotopic (exact) mass is 416 g/mol. The highest BCUT2D eigenvalue weighted by molar-refractivity contribution is 6.01. The lowest BCUT2D eigenvalue weighted by atomic mass is 10.0. The molecule has 0 saturated heterocycles. The fraction of sp³-hybridized carbons (Fsp3) is 0.231. The van der Waals surface area contributed by atoms with Gasteiger partial charge in [0, 0.05) is 23.5 Å².